The zero-order valence-corrected chi connectivity index (χ0v) is 19.2. The van der Waals surface area contributed by atoms with E-state index in [-0.39, 0.29) is 17.3 Å². The van der Waals surface area contributed by atoms with E-state index < -0.39 is 13.3 Å². The molecule has 0 fully saturated rings. The van der Waals surface area contributed by atoms with Gasteiger partial charge in [-0.15, -0.1) is 0 Å². The molecule has 29 heavy (non-hydrogen) atoms. The number of rotatable bonds is 7. The molecule has 0 atom stereocenters. The Labute approximate surface area is 174 Å². The van der Waals surface area contributed by atoms with Crippen molar-refractivity contribution in [1.82, 2.24) is 0 Å². The average Bonchev–Trinajstić information content (AvgIpc) is 2.73. The maximum atomic E-state index is 11.7. The van der Waals surface area contributed by atoms with Crippen LogP contribution in [0.4, 0.5) is 0 Å². The van der Waals surface area contributed by atoms with Gasteiger partial charge in [0, 0.05) is 0 Å². The van der Waals surface area contributed by atoms with Crippen LogP contribution < -0.4 is 8.79 Å². The zero-order chi connectivity index (χ0) is 21.0. The van der Waals surface area contributed by atoms with Crippen LogP contribution in [-0.4, -0.2) is 29.9 Å². The SMILES string of the molecule is CC(=O)c1cc[c]([Ge]([CH3])([CH2]Cc2ccc(O)cc2)[c]2ccc(C(C)=O)cc2)cc1. The molecule has 0 spiro atoms. The van der Waals surface area contributed by atoms with E-state index in [4.69, 9.17) is 0 Å². The first-order valence-electron chi connectivity index (χ1n) is 9.80. The first-order valence-corrected chi connectivity index (χ1v) is 15.5. The second-order valence-corrected chi connectivity index (χ2v) is 16.8. The van der Waals surface area contributed by atoms with Gasteiger partial charge in [-0.3, -0.25) is 0 Å². The van der Waals surface area contributed by atoms with Gasteiger partial charge in [-0.25, -0.2) is 0 Å². The van der Waals surface area contributed by atoms with E-state index in [1.807, 2.05) is 36.4 Å². The van der Waals surface area contributed by atoms with Gasteiger partial charge in [-0.05, 0) is 0 Å². The average molecular weight is 447 g/mol. The Morgan fingerprint density at radius 3 is 1.52 bits per heavy atom. The van der Waals surface area contributed by atoms with Crippen molar-refractivity contribution in [2.45, 2.75) is 31.3 Å². The summed E-state index contributed by atoms with van der Waals surface area (Å²) in [4.78, 5) is 23.4. The first kappa shape index (κ1) is 21.1. The van der Waals surface area contributed by atoms with Gasteiger partial charge >= 0.3 is 175 Å². The molecule has 0 aromatic heterocycles. The van der Waals surface area contributed by atoms with E-state index >= 15 is 0 Å². The molecule has 0 aliphatic carbocycles. The minimum atomic E-state index is -2.73. The van der Waals surface area contributed by atoms with Crippen LogP contribution in [0, 0.1) is 0 Å². The van der Waals surface area contributed by atoms with Gasteiger partial charge in [0.05, 0.1) is 0 Å². The van der Waals surface area contributed by atoms with Crippen molar-refractivity contribution >= 4 is 33.6 Å². The summed E-state index contributed by atoms with van der Waals surface area (Å²) in [5.41, 5.74) is 2.65. The molecule has 0 amide bonds. The third-order valence-corrected chi connectivity index (χ3v) is 15.1. The zero-order valence-electron chi connectivity index (χ0n) is 17.1. The molecular weight excluding hydrogens is 421 g/mol. The molecule has 0 radical (unpaired) electrons. The van der Waals surface area contributed by atoms with E-state index in [1.54, 1.807) is 26.0 Å². The van der Waals surface area contributed by atoms with Crippen molar-refractivity contribution in [3.05, 3.63) is 89.5 Å². The van der Waals surface area contributed by atoms with E-state index in [0.29, 0.717) is 0 Å². The predicted molar refractivity (Wildman–Crippen MR) is 120 cm³/mol. The predicted octanol–water partition coefficient (Wildman–Crippen LogP) is 4.23. The molecule has 0 saturated carbocycles. The summed E-state index contributed by atoms with van der Waals surface area (Å²) in [7, 11) is 0. The topological polar surface area (TPSA) is 54.4 Å². The number of aromatic hydroxyl groups is 1. The van der Waals surface area contributed by atoms with Gasteiger partial charge in [-0.2, -0.15) is 0 Å². The fourth-order valence-corrected chi connectivity index (χ4v) is 11.0. The number of hydrogen-bond acceptors (Lipinski definition) is 3. The number of hydrogen-bond donors (Lipinski definition) is 1. The van der Waals surface area contributed by atoms with Crippen LogP contribution >= 0.6 is 0 Å². The number of carbonyl (C=O) groups excluding carboxylic acids is 2. The quantitative estimate of drug-likeness (QED) is 0.436. The summed E-state index contributed by atoms with van der Waals surface area (Å²) in [5.74, 6) is 2.80. The van der Waals surface area contributed by atoms with Crippen LogP contribution in [0.25, 0.3) is 0 Å². The summed E-state index contributed by atoms with van der Waals surface area (Å²) >= 11 is -2.73. The molecule has 0 bridgehead atoms. The molecule has 3 nitrogen and oxygen atoms in total. The molecule has 0 saturated heterocycles. The van der Waals surface area contributed by atoms with Crippen molar-refractivity contribution in [2.75, 3.05) is 0 Å². The Morgan fingerprint density at radius 1 is 0.724 bits per heavy atom. The molecule has 3 aromatic carbocycles. The normalized spacial score (nSPS) is 11.3. The molecule has 3 aromatic rings. The van der Waals surface area contributed by atoms with Gasteiger partial charge < -0.3 is 0 Å². The van der Waals surface area contributed by atoms with Crippen LogP contribution in [0.3, 0.4) is 0 Å². The van der Waals surface area contributed by atoms with Gasteiger partial charge in [-0.1, -0.05) is 0 Å². The van der Waals surface area contributed by atoms with E-state index in [0.717, 1.165) is 22.8 Å². The summed E-state index contributed by atoms with van der Waals surface area (Å²) in [5, 5.41) is 10.6. The molecule has 4 heteroatoms. The van der Waals surface area contributed by atoms with Crippen molar-refractivity contribution < 1.29 is 14.7 Å². The minimum absolute atomic E-state index is 0.0701. The van der Waals surface area contributed by atoms with E-state index in [9.17, 15) is 14.7 Å². The molecular formula is C25H26GeO3. The van der Waals surface area contributed by atoms with Crippen LogP contribution in [0.1, 0.15) is 40.1 Å². The Kier molecular flexibility index (Phi) is 6.38. The van der Waals surface area contributed by atoms with Gasteiger partial charge in [0.2, 0.25) is 0 Å². The number of phenolic OH excluding ortho intramolecular Hbond substituents is 1. The third-order valence-electron chi connectivity index (χ3n) is 5.71. The van der Waals surface area contributed by atoms with Crippen LogP contribution in [0.15, 0.2) is 72.8 Å². The Hall–Kier alpha value is -2.66. The van der Waals surface area contributed by atoms with Crippen molar-refractivity contribution in [2.24, 2.45) is 0 Å². The first-order chi connectivity index (χ1) is 13.8. The summed E-state index contributed by atoms with van der Waals surface area (Å²) in [6.45, 7) is 3.17. The van der Waals surface area contributed by atoms with Gasteiger partial charge in [0.15, 0.2) is 0 Å². The Morgan fingerprint density at radius 2 is 1.14 bits per heavy atom. The number of ketones is 2. The molecule has 0 aliphatic heterocycles. The fourth-order valence-electron chi connectivity index (χ4n) is 3.66. The number of carbonyl (C=O) groups is 2. The third kappa shape index (κ3) is 4.85. The molecule has 0 aliphatic rings. The summed E-state index contributed by atoms with van der Waals surface area (Å²) in [6, 6.07) is 23.5. The van der Waals surface area contributed by atoms with E-state index in [2.05, 4.69) is 30.0 Å². The van der Waals surface area contributed by atoms with Crippen molar-refractivity contribution in [3.8, 4) is 5.75 Å². The fraction of sp³-hybridized carbons (Fsp3) is 0.200. The Balaban J connectivity index is 1.98. The number of phenols is 1. The maximum absolute atomic E-state index is 11.7. The monoisotopic (exact) mass is 448 g/mol. The molecule has 148 valence electrons. The van der Waals surface area contributed by atoms with Crippen LogP contribution in [0.2, 0.25) is 11.0 Å². The molecule has 1 N–H and O–H groups in total. The van der Waals surface area contributed by atoms with Crippen LogP contribution in [-0.2, 0) is 6.42 Å². The molecule has 0 unspecified atom stereocenters. The standard InChI is InChI=1S/C25H26GeO3/c1-18(27)21-6-10-23(11-7-21)26(3,17-16-20-4-14-25(29)15-5-20)24-12-8-22(9-13-24)19(2)28/h4-15,29H,16-17H2,1-3H3. The second-order valence-electron chi connectivity index (χ2n) is 7.77. The number of Topliss-reactive ketones (excluding diaryl/α,β-unsaturated/α-hetero) is 2. The van der Waals surface area contributed by atoms with Crippen molar-refractivity contribution in [3.63, 3.8) is 0 Å². The van der Waals surface area contributed by atoms with Gasteiger partial charge in [0.25, 0.3) is 0 Å². The van der Waals surface area contributed by atoms with E-state index in [1.165, 1.54) is 14.4 Å². The number of aryl methyl sites for hydroxylation is 1. The molecule has 3 rings (SSSR count). The Bertz CT molecular complexity index is 946. The summed E-state index contributed by atoms with van der Waals surface area (Å²) < 4.78 is 2.62. The van der Waals surface area contributed by atoms with Crippen LogP contribution in [0.5, 0.6) is 5.75 Å². The van der Waals surface area contributed by atoms with Gasteiger partial charge in [0.1, 0.15) is 0 Å². The molecule has 0 heterocycles. The number of benzene rings is 3. The van der Waals surface area contributed by atoms with Crippen molar-refractivity contribution in [1.29, 1.82) is 0 Å². The second kappa shape index (κ2) is 8.79. The summed E-state index contributed by atoms with van der Waals surface area (Å²) in [6.07, 6.45) is 0.916.